The molecule has 0 radical (unpaired) electrons. The van der Waals surface area contributed by atoms with Gasteiger partial charge in [0.2, 0.25) is 10.0 Å². The second-order valence-electron chi connectivity index (χ2n) is 6.15. The highest BCUT2D eigenvalue weighted by Gasteiger charge is 2.31. The summed E-state index contributed by atoms with van der Waals surface area (Å²) in [6.07, 6.45) is 0.457. The SMILES string of the molecule is CC(C)S(=O)(=O)N1CCc2nc(NC(=O)c3ccc(F)c(F)c3)sc2C1. The lowest BCUT2D eigenvalue weighted by Gasteiger charge is -2.26. The van der Waals surface area contributed by atoms with Gasteiger partial charge in [-0.3, -0.25) is 10.1 Å². The summed E-state index contributed by atoms with van der Waals surface area (Å²) >= 11 is 1.18. The number of amides is 1. The van der Waals surface area contributed by atoms with Gasteiger partial charge in [-0.25, -0.2) is 22.2 Å². The molecule has 1 amide bonds. The molecule has 10 heteroatoms. The highest BCUT2D eigenvalue weighted by Crippen LogP contribution is 2.30. The molecule has 0 bridgehead atoms. The number of carbonyl (C=O) groups excluding carboxylic acids is 1. The van der Waals surface area contributed by atoms with E-state index in [-0.39, 0.29) is 12.1 Å². The van der Waals surface area contributed by atoms with Gasteiger partial charge in [0.1, 0.15) is 0 Å². The Kier molecular flexibility index (Phi) is 5.09. The van der Waals surface area contributed by atoms with E-state index < -0.39 is 32.8 Å². The topological polar surface area (TPSA) is 79.4 Å². The Morgan fingerprint density at radius 3 is 2.69 bits per heavy atom. The molecule has 3 rings (SSSR count). The Hall–Kier alpha value is -1.91. The van der Waals surface area contributed by atoms with Crippen LogP contribution in [0.4, 0.5) is 13.9 Å². The number of anilines is 1. The maximum Gasteiger partial charge on any atom is 0.257 e. The predicted molar refractivity (Wildman–Crippen MR) is 94.6 cm³/mol. The van der Waals surface area contributed by atoms with Gasteiger partial charge in [-0.1, -0.05) is 0 Å². The standard InChI is InChI=1S/C16H17F2N3O3S2/c1-9(2)26(23,24)21-6-5-13-14(8-21)25-16(19-13)20-15(22)10-3-4-11(17)12(18)7-10/h3-4,7,9H,5-6,8H2,1-2H3,(H,19,20,22). The molecule has 140 valence electrons. The van der Waals surface area contributed by atoms with Crippen LogP contribution >= 0.6 is 11.3 Å². The third-order valence-corrected chi connectivity index (χ3v) is 7.27. The van der Waals surface area contributed by atoms with Crippen molar-refractivity contribution in [3.05, 3.63) is 46.0 Å². The molecule has 0 saturated carbocycles. The highest BCUT2D eigenvalue weighted by atomic mass is 32.2. The van der Waals surface area contributed by atoms with E-state index in [1.54, 1.807) is 13.8 Å². The molecule has 0 fully saturated rings. The number of fused-ring (bicyclic) bond motifs is 1. The molecular weight excluding hydrogens is 384 g/mol. The van der Waals surface area contributed by atoms with Gasteiger partial charge in [-0.15, -0.1) is 11.3 Å². The van der Waals surface area contributed by atoms with E-state index in [2.05, 4.69) is 10.3 Å². The van der Waals surface area contributed by atoms with Crippen molar-refractivity contribution in [3.63, 3.8) is 0 Å². The molecular formula is C16H17F2N3O3S2. The molecule has 2 heterocycles. The lowest BCUT2D eigenvalue weighted by molar-refractivity contribution is 0.102. The molecule has 2 aromatic rings. The van der Waals surface area contributed by atoms with Crippen LogP contribution in [0.2, 0.25) is 0 Å². The van der Waals surface area contributed by atoms with Gasteiger partial charge in [-0.05, 0) is 32.0 Å². The first-order chi connectivity index (χ1) is 12.2. The number of halogens is 2. The van der Waals surface area contributed by atoms with E-state index in [9.17, 15) is 22.0 Å². The lowest BCUT2D eigenvalue weighted by atomic mass is 10.2. The maximum absolute atomic E-state index is 13.3. The largest absolute Gasteiger partial charge is 0.298 e. The van der Waals surface area contributed by atoms with Gasteiger partial charge in [-0.2, -0.15) is 4.31 Å². The summed E-state index contributed by atoms with van der Waals surface area (Å²) in [7, 11) is -3.36. The minimum absolute atomic E-state index is 0.0268. The third kappa shape index (κ3) is 3.62. The number of sulfonamides is 1. The van der Waals surface area contributed by atoms with Crippen molar-refractivity contribution in [2.75, 3.05) is 11.9 Å². The van der Waals surface area contributed by atoms with Crippen LogP contribution < -0.4 is 5.32 Å². The maximum atomic E-state index is 13.3. The number of rotatable bonds is 4. The minimum Gasteiger partial charge on any atom is -0.298 e. The molecule has 0 aliphatic carbocycles. The van der Waals surface area contributed by atoms with Crippen molar-refractivity contribution < 1.29 is 22.0 Å². The van der Waals surface area contributed by atoms with Gasteiger partial charge < -0.3 is 0 Å². The number of hydrogen-bond donors (Lipinski definition) is 1. The van der Waals surface area contributed by atoms with Gasteiger partial charge in [0, 0.05) is 30.0 Å². The summed E-state index contributed by atoms with van der Waals surface area (Å²) in [5.41, 5.74) is 0.715. The van der Waals surface area contributed by atoms with Crippen LogP contribution in [-0.2, 0) is 23.0 Å². The average molecular weight is 401 g/mol. The second kappa shape index (κ2) is 7.01. The van der Waals surface area contributed by atoms with Crippen LogP contribution in [0.15, 0.2) is 18.2 Å². The van der Waals surface area contributed by atoms with Gasteiger partial charge in [0.25, 0.3) is 5.91 Å². The predicted octanol–water partition coefficient (Wildman–Crippen LogP) is 2.77. The van der Waals surface area contributed by atoms with E-state index in [0.717, 1.165) is 22.7 Å². The molecule has 0 saturated heterocycles. The van der Waals surface area contributed by atoms with Crippen molar-refractivity contribution in [2.24, 2.45) is 0 Å². The van der Waals surface area contributed by atoms with E-state index in [4.69, 9.17) is 0 Å². The molecule has 6 nitrogen and oxygen atoms in total. The highest BCUT2D eigenvalue weighted by molar-refractivity contribution is 7.89. The van der Waals surface area contributed by atoms with Crippen molar-refractivity contribution in [1.82, 2.24) is 9.29 Å². The average Bonchev–Trinajstić information content (AvgIpc) is 2.98. The van der Waals surface area contributed by atoms with Crippen molar-refractivity contribution >= 4 is 32.4 Å². The first-order valence-electron chi connectivity index (χ1n) is 7.92. The third-order valence-electron chi connectivity index (χ3n) is 4.05. The zero-order valence-electron chi connectivity index (χ0n) is 14.1. The van der Waals surface area contributed by atoms with Crippen molar-refractivity contribution in [3.8, 4) is 0 Å². The fourth-order valence-electron chi connectivity index (χ4n) is 2.55. The minimum atomic E-state index is -3.36. The van der Waals surface area contributed by atoms with E-state index in [0.29, 0.717) is 18.1 Å². The number of aromatic nitrogens is 1. The van der Waals surface area contributed by atoms with Crippen molar-refractivity contribution in [2.45, 2.75) is 32.1 Å². The molecule has 26 heavy (non-hydrogen) atoms. The monoisotopic (exact) mass is 401 g/mol. The Morgan fingerprint density at radius 2 is 2.04 bits per heavy atom. The fraction of sp³-hybridized carbons (Fsp3) is 0.375. The Labute approximate surface area is 153 Å². The number of carbonyl (C=O) groups is 1. The van der Waals surface area contributed by atoms with E-state index in [1.807, 2.05) is 0 Å². The van der Waals surface area contributed by atoms with Crippen LogP contribution in [0.1, 0.15) is 34.8 Å². The normalized spacial score (nSPS) is 15.1. The number of hydrogen-bond acceptors (Lipinski definition) is 5. The Bertz CT molecular complexity index is 958. The number of nitrogens with one attached hydrogen (secondary N) is 1. The molecule has 1 aliphatic heterocycles. The molecule has 0 atom stereocenters. The Morgan fingerprint density at radius 1 is 1.31 bits per heavy atom. The van der Waals surface area contributed by atoms with Crippen LogP contribution in [0.3, 0.4) is 0 Å². The molecule has 1 aliphatic rings. The summed E-state index contributed by atoms with van der Waals surface area (Å²) in [4.78, 5) is 17.2. The van der Waals surface area contributed by atoms with Crippen molar-refractivity contribution in [1.29, 1.82) is 0 Å². The number of benzene rings is 1. The Balaban J connectivity index is 1.76. The zero-order valence-corrected chi connectivity index (χ0v) is 15.8. The van der Waals surface area contributed by atoms with Crippen LogP contribution in [0.25, 0.3) is 0 Å². The smallest absolute Gasteiger partial charge is 0.257 e. The molecule has 0 unspecified atom stereocenters. The summed E-state index contributed by atoms with van der Waals surface area (Å²) in [6, 6.07) is 2.87. The number of thiazole rings is 1. The summed E-state index contributed by atoms with van der Waals surface area (Å²) in [5, 5.41) is 2.34. The molecule has 1 N–H and O–H groups in total. The van der Waals surface area contributed by atoms with Gasteiger partial charge >= 0.3 is 0 Å². The fourth-order valence-corrected chi connectivity index (χ4v) is 4.90. The summed E-state index contributed by atoms with van der Waals surface area (Å²) in [5.74, 6) is -2.75. The molecule has 0 spiro atoms. The van der Waals surface area contributed by atoms with Crippen LogP contribution in [-0.4, -0.2) is 35.4 Å². The molecule has 1 aromatic heterocycles. The van der Waals surface area contributed by atoms with Crippen LogP contribution in [0.5, 0.6) is 0 Å². The molecule has 1 aromatic carbocycles. The van der Waals surface area contributed by atoms with E-state index in [1.165, 1.54) is 21.7 Å². The summed E-state index contributed by atoms with van der Waals surface area (Å²) < 4.78 is 52.2. The summed E-state index contributed by atoms with van der Waals surface area (Å²) in [6.45, 7) is 3.82. The van der Waals surface area contributed by atoms with Gasteiger partial charge in [0.15, 0.2) is 16.8 Å². The van der Waals surface area contributed by atoms with Crippen LogP contribution in [0, 0.1) is 11.6 Å². The quantitative estimate of drug-likeness (QED) is 0.854. The number of nitrogens with zero attached hydrogens (tertiary/aromatic N) is 2. The zero-order chi connectivity index (χ0) is 19.1. The first kappa shape index (κ1) is 18.9. The lowest BCUT2D eigenvalue weighted by Crippen LogP contribution is -2.39. The van der Waals surface area contributed by atoms with E-state index >= 15 is 0 Å². The first-order valence-corrected chi connectivity index (χ1v) is 10.2. The van der Waals surface area contributed by atoms with Gasteiger partial charge in [0.05, 0.1) is 10.9 Å². The second-order valence-corrected chi connectivity index (χ2v) is 9.72.